The first-order valence-corrected chi connectivity index (χ1v) is 17.9. The van der Waals surface area contributed by atoms with Gasteiger partial charge in [-0.15, -0.1) is 6.58 Å². The molecule has 3 fully saturated rings. The predicted octanol–water partition coefficient (Wildman–Crippen LogP) is 2.81. The van der Waals surface area contributed by atoms with Crippen molar-refractivity contribution in [3.05, 3.63) is 43.1 Å². The number of hydrogen-bond donors (Lipinski definition) is 3. The molecule has 2 aromatic rings. The summed E-state index contributed by atoms with van der Waals surface area (Å²) in [4.78, 5) is 60.2. The smallest absolute Gasteiger partial charge is 0.408 e. The number of sulfonamides is 1. The Hall–Kier alpha value is -4.40. The van der Waals surface area contributed by atoms with Crippen LogP contribution in [-0.2, 0) is 29.1 Å². The van der Waals surface area contributed by atoms with Crippen molar-refractivity contribution in [2.45, 2.75) is 94.9 Å². The molecule has 5 atom stereocenters. The fourth-order valence-electron chi connectivity index (χ4n) is 6.03. The Morgan fingerprint density at radius 2 is 1.86 bits per heavy atom. The lowest BCUT2D eigenvalue weighted by Crippen LogP contribution is -2.59. The topological polar surface area (TPSA) is 182 Å². The van der Waals surface area contributed by atoms with E-state index in [1.165, 1.54) is 11.0 Å². The molecule has 4 amide bonds. The number of carbonyl (C=O) groups excluding carboxylic acids is 4. The Labute approximate surface area is 286 Å². The number of rotatable bonds is 12. The number of amides is 4. The molecule has 2 aliphatic carbocycles. The van der Waals surface area contributed by atoms with Gasteiger partial charge in [-0.1, -0.05) is 19.9 Å². The maximum absolute atomic E-state index is 14.2. The Balaban J connectivity index is 1.42. The molecule has 3 aliphatic rings. The minimum absolute atomic E-state index is 0.0277. The largest absolute Gasteiger partial charge is 0.497 e. The number of likely N-dealkylation sites (tertiary alicyclic amines) is 1. The van der Waals surface area contributed by atoms with Crippen molar-refractivity contribution in [2.75, 3.05) is 13.7 Å². The van der Waals surface area contributed by atoms with Crippen LogP contribution in [0, 0.1) is 11.8 Å². The summed E-state index contributed by atoms with van der Waals surface area (Å²) in [5, 5.41) is 6.28. The summed E-state index contributed by atoms with van der Waals surface area (Å²) >= 11 is 0. The van der Waals surface area contributed by atoms with Crippen molar-refractivity contribution in [3.8, 4) is 11.6 Å². The number of carbonyl (C=O) groups is 4. The molecule has 14 nitrogen and oxygen atoms in total. The first kappa shape index (κ1) is 35.9. The maximum Gasteiger partial charge on any atom is 0.408 e. The van der Waals surface area contributed by atoms with Crippen molar-refractivity contribution < 1.29 is 41.8 Å². The first-order valence-electron chi connectivity index (χ1n) is 16.4. The van der Waals surface area contributed by atoms with Gasteiger partial charge < -0.3 is 29.7 Å². The van der Waals surface area contributed by atoms with Crippen LogP contribution in [0.2, 0.25) is 0 Å². The zero-order valence-electron chi connectivity index (χ0n) is 28.6. The van der Waals surface area contributed by atoms with Crippen LogP contribution in [0.1, 0.15) is 60.3 Å². The summed E-state index contributed by atoms with van der Waals surface area (Å²) in [7, 11) is -2.32. The lowest BCUT2D eigenvalue weighted by Gasteiger charge is -2.31. The van der Waals surface area contributed by atoms with Crippen molar-refractivity contribution in [3.63, 3.8) is 0 Å². The molecule has 2 saturated carbocycles. The highest BCUT2D eigenvalue weighted by molar-refractivity contribution is 7.91. The van der Waals surface area contributed by atoms with E-state index < -0.39 is 80.3 Å². The number of nitrogens with zero attached hydrogens (tertiary/aromatic N) is 2. The van der Waals surface area contributed by atoms with Gasteiger partial charge in [-0.25, -0.2) is 18.2 Å². The highest BCUT2D eigenvalue weighted by atomic mass is 32.2. The monoisotopic (exact) mass is 699 g/mol. The van der Waals surface area contributed by atoms with E-state index in [4.69, 9.17) is 14.2 Å². The fourth-order valence-corrected chi connectivity index (χ4v) is 7.39. The van der Waals surface area contributed by atoms with E-state index in [2.05, 4.69) is 26.9 Å². The van der Waals surface area contributed by atoms with Gasteiger partial charge in [-0.2, -0.15) is 0 Å². The number of methoxy groups -OCH3 is 1. The van der Waals surface area contributed by atoms with Crippen LogP contribution in [0.5, 0.6) is 11.6 Å². The number of aromatic nitrogens is 1. The fraction of sp³-hybridized carbons (Fsp3) is 0.559. The van der Waals surface area contributed by atoms with E-state index in [9.17, 15) is 27.6 Å². The zero-order chi connectivity index (χ0) is 35.9. The molecule has 5 rings (SSSR count). The van der Waals surface area contributed by atoms with Crippen LogP contribution in [-0.4, -0.2) is 90.3 Å². The van der Waals surface area contributed by atoms with Gasteiger partial charge in [0.2, 0.25) is 27.7 Å². The summed E-state index contributed by atoms with van der Waals surface area (Å²) < 4.78 is 44.4. The van der Waals surface area contributed by atoms with E-state index in [-0.39, 0.29) is 19.4 Å². The molecule has 1 aliphatic heterocycles. The minimum atomic E-state index is -3.89. The zero-order valence-corrected chi connectivity index (χ0v) is 29.5. The van der Waals surface area contributed by atoms with Gasteiger partial charge in [-0.3, -0.25) is 19.1 Å². The average Bonchev–Trinajstić information content (AvgIpc) is 3.95. The number of hydrogen-bond acceptors (Lipinski definition) is 10. The second-order valence-corrected chi connectivity index (χ2v) is 16.2. The Morgan fingerprint density at radius 3 is 2.45 bits per heavy atom. The molecule has 1 aromatic carbocycles. The molecule has 0 spiro atoms. The SMILES string of the molecule is C=C[C@@H]1C[C@]1(NC(=O)[C@@H]1C[C@@H](Oc2nccc3cc(OC)ccc23)CN1C(=O)[C@@H](NC(=O)OC(C)(C)C)C(C)C)C(=O)NS(=O)(=O)C1CC1. The molecule has 49 heavy (non-hydrogen) atoms. The van der Waals surface area contributed by atoms with E-state index >= 15 is 0 Å². The van der Waals surface area contributed by atoms with E-state index in [0.717, 1.165) is 5.39 Å². The number of fused-ring (bicyclic) bond motifs is 1. The molecule has 266 valence electrons. The molecule has 0 bridgehead atoms. The molecule has 2 heterocycles. The van der Waals surface area contributed by atoms with Gasteiger partial charge in [0, 0.05) is 23.9 Å². The van der Waals surface area contributed by atoms with Gasteiger partial charge in [0.15, 0.2) is 0 Å². The average molecular weight is 700 g/mol. The quantitative estimate of drug-likeness (QED) is 0.279. The van der Waals surface area contributed by atoms with E-state index in [1.807, 2.05) is 6.07 Å². The van der Waals surface area contributed by atoms with Crippen LogP contribution in [0.3, 0.4) is 0 Å². The van der Waals surface area contributed by atoms with Gasteiger partial charge in [0.1, 0.15) is 35.1 Å². The molecule has 1 aromatic heterocycles. The molecule has 3 N–H and O–H groups in total. The normalized spacial score (nSPS) is 24.1. The molecular formula is C34H45N5O9S. The summed E-state index contributed by atoms with van der Waals surface area (Å²) in [5.74, 6) is -2.03. The van der Waals surface area contributed by atoms with E-state index in [1.54, 1.807) is 66.1 Å². The number of pyridine rings is 1. The summed E-state index contributed by atoms with van der Waals surface area (Å²) in [5.41, 5.74) is -2.36. The third-order valence-corrected chi connectivity index (χ3v) is 10.7. The second-order valence-electron chi connectivity index (χ2n) is 14.2. The van der Waals surface area contributed by atoms with Crippen molar-refractivity contribution >= 4 is 44.6 Å². The third kappa shape index (κ3) is 7.92. The van der Waals surface area contributed by atoms with E-state index in [0.29, 0.717) is 29.9 Å². The predicted molar refractivity (Wildman–Crippen MR) is 180 cm³/mol. The molecule has 0 unspecified atom stereocenters. The second kappa shape index (κ2) is 13.5. The lowest BCUT2D eigenvalue weighted by atomic mass is 10.0. The molecular weight excluding hydrogens is 654 g/mol. The number of benzene rings is 1. The van der Waals surface area contributed by atoms with Gasteiger partial charge in [0.25, 0.3) is 5.91 Å². The standard InChI is InChI=1S/C34H45N5O9S/c1-8-21-17-34(21,31(42)38-49(44,45)24-10-11-24)37-28(40)26-16-23(47-29-25-12-9-22(46-7)15-20(25)13-14-35-29)18-39(26)30(41)27(19(2)3)36-32(43)48-33(4,5)6/h8-9,12-15,19,21,23-24,26-27H,1,10-11,16-18H2,2-7H3,(H,36,43)(H,37,40)(H,38,42)/t21-,23-,26+,27+,34-/m1/s1. The van der Waals surface area contributed by atoms with Crippen LogP contribution in [0.25, 0.3) is 10.8 Å². The summed E-state index contributed by atoms with van der Waals surface area (Å²) in [6, 6.07) is 5.02. The first-order chi connectivity index (χ1) is 23.0. The molecule has 15 heteroatoms. The van der Waals surface area contributed by atoms with Crippen LogP contribution >= 0.6 is 0 Å². The summed E-state index contributed by atoms with van der Waals surface area (Å²) in [6.45, 7) is 12.3. The Bertz CT molecular complexity index is 1750. The van der Waals surface area contributed by atoms with Crippen molar-refractivity contribution in [2.24, 2.45) is 11.8 Å². The highest BCUT2D eigenvalue weighted by Gasteiger charge is 2.62. The Kier molecular flexibility index (Phi) is 9.88. The van der Waals surface area contributed by atoms with Crippen molar-refractivity contribution in [1.82, 2.24) is 25.2 Å². The number of ether oxygens (including phenoxy) is 3. The van der Waals surface area contributed by atoms with Crippen molar-refractivity contribution in [1.29, 1.82) is 0 Å². The van der Waals surface area contributed by atoms with Gasteiger partial charge >= 0.3 is 6.09 Å². The van der Waals surface area contributed by atoms with Crippen LogP contribution in [0.4, 0.5) is 4.79 Å². The Morgan fingerprint density at radius 1 is 1.14 bits per heavy atom. The van der Waals surface area contributed by atoms with Crippen LogP contribution in [0.15, 0.2) is 43.1 Å². The molecule has 0 radical (unpaired) electrons. The lowest BCUT2D eigenvalue weighted by molar-refractivity contribution is -0.141. The number of nitrogens with one attached hydrogen (secondary N) is 3. The molecule has 1 saturated heterocycles. The summed E-state index contributed by atoms with van der Waals surface area (Å²) in [6.07, 6.45) is 2.67. The van der Waals surface area contributed by atoms with Crippen LogP contribution < -0.4 is 24.8 Å². The van der Waals surface area contributed by atoms with Gasteiger partial charge in [0.05, 0.1) is 18.9 Å². The maximum atomic E-state index is 14.2. The van der Waals surface area contributed by atoms with Gasteiger partial charge in [-0.05, 0) is 75.6 Å². The third-order valence-electron chi connectivity index (χ3n) is 8.92. The highest BCUT2D eigenvalue weighted by Crippen LogP contribution is 2.45. The number of alkyl carbamates (subject to hydrolysis) is 1. The minimum Gasteiger partial charge on any atom is -0.497 e.